The highest BCUT2D eigenvalue weighted by Crippen LogP contribution is 2.21. The first kappa shape index (κ1) is 14.9. The molecule has 0 aromatic rings. The van der Waals surface area contributed by atoms with Gasteiger partial charge in [-0.1, -0.05) is 0 Å². The zero-order chi connectivity index (χ0) is 13.0. The molecule has 0 saturated carbocycles. The molecule has 0 aliphatic rings. The minimum Gasteiger partial charge on any atom is -0.459 e. The Labute approximate surface area is 96.2 Å². The maximum absolute atomic E-state index is 11.7. The first-order chi connectivity index (χ1) is 7.11. The zero-order valence-corrected chi connectivity index (χ0v) is 10.6. The van der Waals surface area contributed by atoms with Gasteiger partial charge in [0.25, 0.3) is 0 Å². The van der Waals surface area contributed by atoms with Gasteiger partial charge in [0.15, 0.2) is 0 Å². The molecule has 0 bridgehead atoms. The molecular formula is C11H21NO4. The van der Waals surface area contributed by atoms with E-state index in [1.54, 1.807) is 20.8 Å². The zero-order valence-electron chi connectivity index (χ0n) is 10.6. The van der Waals surface area contributed by atoms with E-state index in [0.29, 0.717) is 0 Å². The summed E-state index contributed by atoms with van der Waals surface area (Å²) in [4.78, 5) is 23.4. The number of esters is 1. The van der Waals surface area contributed by atoms with Crippen LogP contribution in [0.3, 0.4) is 0 Å². The van der Waals surface area contributed by atoms with Gasteiger partial charge in [-0.2, -0.15) is 0 Å². The SMILES string of the molecule is CC(C)(C)OC(=O)C(C)(C)C(=O)NCCO. The average molecular weight is 231 g/mol. The Morgan fingerprint density at radius 2 is 1.69 bits per heavy atom. The van der Waals surface area contributed by atoms with Crippen molar-refractivity contribution >= 4 is 11.9 Å². The predicted octanol–water partition coefficient (Wildman–Crippen LogP) is 0.463. The summed E-state index contributed by atoms with van der Waals surface area (Å²) in [5.41, 5.74) is -1.87. The minimum atomic E-state index is -1.25. The van der Waals surface area contributed by atoms with Gasteiger partial charge in [0.2, 0.25) is 5.91 Å². The van der Waals surface area contributed by atoms with E-state index in [2.05, 4.69) is 5.32 Å². The van der Waals surface area contributed by atoms with Crippen molar-refractivity contribution in [1.29, 1.82) is 0 Å². The topological polar surface area (TPSA) is 75.6 Å². The molecule has 0 saturated heterocycles. The van der Waals surface area contributed by atoms with Crippen LogP contribution in [0.4, 0.5) is 0 Å². The standard InChI is InChI=1S/C11H21NO4/c1-10(2,3)16-9(15)11(4,5)8(14)12-6-7-13/h13H,6-7H2,1-5H3,(H,12,14). The number of aliphatic hydroxyl groups excluding tert-OH is 1. The van der Waals surface area contributed by atoms with Crippen LogP contribution in [0, 0.1) is 5.41 Å². The van der Waals surface area contributed by atoms with Crippen molar-refractivity contribution in [3.63, 3.8) is 0 Å². The third kappa shape index (κ3) is 4.61. The van der Waals surface area contributed by atoms with Gasteiger partial charge >= 0.3 is 5.97 Å². The smallest absolute Gasteiger partial charge is 0.321 e. The molecule has 2 N–H and O–H groups in total. The third-order valence-corrected chi connectivity index (χ3v) is 1.87. The number of aliphatic hydroxyl groups is 1. The highest BCUT2D eigenvalue weighted by Gasteiger charge is 2.39. The molecule has 16 heavy (non-hydrogen) atoms. The third-order valence-electron chi connectivity index (χ3n) is 1.87. The quantitative estimate of drug-likeness (QED) is 0.544. The molecule has 0 aliphatic carbocycles. The maximum atomic E-state index is 11.7. The Morgan fingerprint density at radius 1 is 1.19 bits per heavy atom. The largest absolute Gasteiger partial charge is 0.459 e. The summed E-state index contributed by atoms with van der Waals surface area (Å²) in [6.45, 7) is 8.19. The number of rotatable bonds is 4. The molecule has 0 atom stereocenters. The molecular weight excluding hydrogens is 210 g/mol. The van der Waals surface area contributed by atoms with Gasteiger partial charge < -0.3 is 15.2 Å². The molecule has 0 rings (SSSR count). The number of hydrogen-bond acceptors (Lipinski definition) is 4. The maximum Gasteiger partial charge on any atom is 0.321 e. The number of hydrogen-bond donors (Lipinski definition) is 2. The van der Waals surface area contributed by atoms with E-state index in [4.69, 9.17) is 9.84 Å². The number of amides is 1. The highest BCUT2D eigenvalue weighted by molar-refractivity contribution is 6.01. The molecule has 0 spiro atoms. The summed E-state index contributed by atoms with van der Waals surface area (Å²) >= 11 is 0. The van der Waals surface area contributed by atoms with Crippen molar-refractivity contribution in [3.8, 4) is 0 Å². The summed E-state index contributed by atoms with van der Waals surface area (Å²) in [5, 5.41) is 11.0. The van der Waals surface area contributed by atoms with Crippen molar-refractivity contribution < 1.29 is 19.4 Å². The lowest BCUT2D eigenvalue weighted by Crippen LogP contribution is -2.46. The van der Waals surface area contributed by atoms with Gasteiger partial charge in [0, 0.05) is 6.54 Å². The summed E-state index contributed by atoms with van der Waals surface area (Å²) in [6.07, 6.45) is 0. The summed E-state index contributed by atoms with van der Waals surface area (Å²) in [6, 6.07) is 0. The number of nitrogens with one attached hydrogen (secondary N) is 1. The van der Waals surface area contributed by atoms with E-state index in [0.717, 1.165) is 0 Å². The molecule has 0 radical (unpaired) electrons. The normalized spacial score (nSPS) is 12.1. The molecule has 1 amide bonds. The van der Waals surface area contributed by atoms with Crippen LogP contribution in [0.5, 0.6) is 0 Å². The lowest BCUT2D eigenvalue weighted by Gasteiger charge is -2.27. The highest BCUT2D eigenvalue weighted by atomic mass is 16.6. The summed E-state index contributed by atoms with van der Waals surface area (Å²) < 4.78 is 5.14. The Bertz CT molecular complexity index is 266. The molecule has 5 heteroatoms. The second kappa shape index (κ2) is 5.30. The fourth-order valence-electron chi connectivity index (χ4n) is 0.889. The van der Waals surface area contributed by atoms with Crippen LogP contribution in [-0.4, -0.2) is 35.7 Å². The van der Waals surface area contributed by atoms with Crippen LogP contribution in [0.25, 0.3) is 0 Å². The van der Waals surface area contributed by atoms with Gasteiger partial charge in [0.05, 0.1) is 6.61 Å². The van der Waals surface area contributed by atoms with E-state index in [9.17, 15) is 9.59 Å². The molecule has 0 aromatic heterocycles. The van der Waals surface area contributed by atoms with Crippen LogP contribution in [0.1, 0.15) is 34.6 Å². The Hall–Kier alpha value is -1.10. The monoisotopic (exact) mass is 231 g/mol. The van der Waals surface area contributed by atoms with Crippen LogP contribution >= 0.6 is 0 Å². The van der Waals surface area contributed by atoms with Crippen LogP contribution in [-0.2, 0) is 14.3 Å². The van der Waals surface area contributed by atoms with Gasteiger partial charge in [-0.15, -0.1) is 0 Å². The minimum absolute atomic E-state index is 0.130. The summed E-state index contributed by atoms with van der Waals surface area (Å²) in [7, 11) is 0. The van der Waals surface area contributed by atoms with Crippen LogP contribution in [0.15, 0.2) is 0 Å². The van der Waals surface area contributed by atoms with Crippen molar-refractivity contribution in [3.05, 3.63) is 0 Å². The average Bonchev–Trinajstić information content (AvgIpc) is 2.11. The fraction of sp³-hybridized carbons (Fsp3) is 0.818. The molecule has 0 aromatic carbocycles. The molecule has 0 unspecified atom stereocenters. The molecule has 0 heterocycles. The Morgan fingerprint density at radius 3 is 2.06 bits per heavy atom. The van der Waals surface area contributed by atoms with E-state index in [1.165, 1.54) is 13.8 Å². The Balaban J connectivity index is 4.52. The van der Waals surface area contributed by atoms with E-state index in [-0.39, 0.29) is 13.2 Å². The van der Waals surface area contributed by atoms with Crippen LogP contribution < -0.4 is 5.32 Å². The van der Waals surface area contributed by atoms with Crippen molar-refractivity contribution in [1.82, 2.24) is 5.32 Å². The number of carbonyl (C=O) groups is 2. The fourth-order valence-corrected chi connectivity index (χ4v) is 0.889. The van der Waals surface area contributed by atoms with Gasteiger partial charge in [-0.3, -0.25) is 9.59 Å². The number of carbonyl (C=O) groups excluding carboxylic acids is 2. The van der Waals surface area contributed by atoms with Crippen molar-refractivity contribution in [2.45, 2.75) is 40.2 Å². The van der Waals surface area contributed by atoms with Crippen LogP contribution in [0.2, 0.25) is 0 Å². The van der Waals surface area contributed by atoms with E-state index < -0.39 is 22.9 Å². The second-order valence-corrected chi connectivity index (χ2v) is 5.11. The lowest BCUT2D eigenvalue weighted by atomic mass is 9.92. The first-order valence-corrected chi connectivity index (χ1v) is 5.24. The predicted molar refractivity (Wildman–Crippen MR) is 59.7 cm³/mol. The van der Waals surface area contributed by atoms with E-state index >= 15 is 0 Å². The molecule has 0 aliphatic heterocycles. The second-order valence-electron chi connectivity index (χ2n) is 5.11. The van der Waals surface area contributed by atoms with Crippen molar-refractivity contribution in [2.24, 2.45) is 5.41 Å². The van der Waals surface area contributed by atoms with Gasteiger partial charge in [0.1, 0.15) is 11.0 Å². The van der Waals surface area contributed by atoms with Gasteiger partial charge in [-0.25, -0.2) is 0 Å². The molecule has 5 nitrogen and oxygen atoms in total. The summed E-state index contributed by atoms with van der Waals surface area (Å²) in [5.74, 6) is -1.02. The lowest BCUT2D eigenvalue weighted by molar-refractivity contribution is -0.168. The van der Waals surface area contributed by atoms with Crippen molar-refractivity contribution in [2.75, 3.05) is 13.2 Å². The molecule has 94 valence electrons. The molecule has 0 fully saturated rings. The van der Waals surface area contributed by atoms with E-state index in [1.807, 2.05) is 0 Å². The first-order valence-electron chi connectivity index (χ1n) is 5.24. The number of ether oxygens (including phenoxy) is 1. The van der Waals surface area contributed by atoms with Gasteiger partial charge in [-0.05, 0) is 34.6 Å². The Kier molecular flexibility index (Phi) is 4.93.